The monoisotopic (exact) mass is 367 g/mol. The number of fused-ring (bicyclic) bond motifs is 1. The molecule has 0 bridgehead atoms. The Bertz CT molecular complexity index is 921. The lowest BCUT2D eigenvalue weighted by Crippen LogP contribution is -2.31. The van der Waals surface area contributed by atoms with Gasteiger partial charge in [0.15, 0.2) is 5.69 Å². The number of nitrogens with zero attached hydrogens (tertiary/aromatic N) is 4. The van der Waals surface area contributed by atoms with E-state index in [2.05, 4.69) is 15.6 Å². The van der Waals surface area contributed by atoms with Crippen molar-refractivity contribution in [3.05, 3.63) is 47.5 Å². The fraction of sp³-hybridized carbons (Fsp3) is 0.450. The smallest absolute Gasteiger partial charge is 0.276 e. The van der Waals surface area contributed by atoms with Gasteiger partial charge in [-0.25, -0.2) is 4.68 Å². The third-order valence-electron chi connectivity index (χ3n) is 5.54. The number of benzene rings is 1. The number of carbonyl (C=O) groups is 1. The van der Waals surface area contributed by atoms with Gasteiger partial charge in [0.25, 0.3) is 5.91 Å². The number of nitrogens with one attached hydrogen (secondary N) is 1. The van der Waals surface area contributed by atoms with E-state index in [1.165, 1.54) is 0 Å². The van der Waals surface area contributed by atoms with Gasteiger partial charge >= 0.3 is 0 Å². The Morgan fingerprint density at radius 3 is 2.81 bits per heavy atom. The van der Waals surface area contributed by atoms with Crippen molar-refractivity contribution >= 4 is 16.9 Å². The molecule has 27 heavy (non-hydrogen) atoms. The van der Waals surface area contributed by atoms with Gasteiger partial charge in [-0.15, -0.1) is 5.10 Å². The Morgan fingerprint density at radius 1 is 1.33 bits per heavy atom. The maximum absolute atomic E-state index is 13.0. The average molecular weight is 367 g/mol. The molecule has 3 heterocycles. The number of hydrogen-bond acceptors (Lipinski definition) is 5. The highest BCUT2D eigenvalue weighted by Crippen LogP contribution is 2.28. The van der Waals surface area contributed by atoms with Gasteiger partial charge in [0, 0.05) is 12.4 Å². The molecule has 7 heteroatoms. The zero-order valence-corrected chi connectivity index (χ0v) is 16.0. The Labute approximate surface area is 158 Å². The van der Waals surface area contributed by atoms with E-state index in [0.717, 1.165) is 48.4 Å². The van der Waals surface area contributed by atoms with E-state index in [0.29, 0.717) is 11.7 Å². The van der Waals surface area contributed by atoms with Crippen LogP contribution >= 0.6 is 0 Å². The molecule has 4 rings (SSSR count). The lowest BCUT2D eigenvalue weighted by Gasteiger charge is -2.24. The molecule has 0 aliphatic carbocycles. The van der Waals surface area contributed by atoms with Gasteiger partial charge in [-0.1, -0.05) is 23.4 Å². The number of aromatic nitrogens is 3. The van der Waals surface area contributed by atoms with Gasteiger partial charge < -0.3 is 14.6 Å². The number of para-hydroxylation sites is 1. The normalized spacial score (nSPS) is 16.6. The predicted octanol–water partition coefficient (Wildman–Crippen LogP) is 3.09. The van der Waals surface area contributed by atoms with E-state index in [-0.39, 0.29) is 11.9 Å². The van der Waals surface area contributed by atoms with Crippen molar-refractivity contribution in [3.63, 3.8) is 0 Å². The molecule has 1 N–H and O–H groups in total. The van der Waals surface area contributed by atoms with Crippen molar-refractivity contribution in [1.29, 1.82) is 0 Å². The second kappa shape index (κ2) is 7.15. The standard InChI is InChI=1S/C20H25N5O2/c1-13(18-12-15-6-4-5-7-17(15)27-18)24(3)20(26)19-14(2)25(23-22-19)16-8-10-21-11-9-16/h4-7,12-13,16,21H,8-11H2,1-3H3/t13-/m0/s1. The lowest BCUT2D eigenvalue weighted by molar-refractivity contribution is 0.0720. The number of rotatable bonds is 4. The molecule has 0 radical (unpaired) electrons. The van der Waals surface area contributed by atoms with Crippen molar-refractivity contribution < 1.29 is 9.21 Å². The highest BCUT2D eigenvalue weighted by atomic mass is 16.3. The van der Waals surface area contributed by atoms with Crippen LogP contribution in [0.4, 0.5) is 0 Å². The van der Waals surface area contributed by atoms with Gasteiger partial charge in [0.1, 0.15) is 11.3 Å². The Kier molecular flexibility index (Phi) is 4.70. The molecule has 1 aliphatic rings. The fourth-order valence-corrected chi connectivity index (χ4v) is 3.68. The summed E-state index contributed by atoms with van der Waals surface area (Å²) >= 11 is 0. The molecule has 1 aliphatic heterocycles. The summed E-state index contributed by atoms with van der Waals surface area (Å²) in [4.78, 5) is 14.7. The van der Waals surface area contributed by atoms with Gasteiger partial charge in [-0.2, -0.15) is 0 Å². The Balaban J connectivity index is 1.55. The molecule has 142 valence electrons. The summed E-state index contributed by atoms with van der Waals surface area (Å²) in [6.45, 7) is 5.82. The number of furan rings is 1. The molecule has 3 aromatic rings. The highest BCUT2D eigenvalue weighted by molar-refractivity contribution is 5.93. The molecule has 7 nitrogen and oxygen atoms in total. The third kappa shape index (κ3) is 3.23. The van der Waals surface area contributed by atoms with Crippen LogP contribution in [0.25, 0.3) is 11.0 Å². The highest BCUT2D eigenvalue weighted by Gasteiger charge is 2.28. The second-order valence-electron chi connectivity index (χ2n) is 7.23. The quantitative estimate of drug-likeness (QED) is 0.767. The summed E-state index contributed by atoms with van der Waals surface area (Å²) in [6, 6.07) is 9.95. The summed E-state index contributed by atoms with van der Waals surface area (Å²) in [5, 5.41) is 12.9. The molecular formula is C20H25N5O2. The topological polar surface area (TPSA) is 76.2 Å². The molecule has 1 amide bonds. The largest absolute Gasteiger partial charge is 0.459 e. The predicted molar refractivity (Wildman–Crippen MR) is 103 cm³/mol. The van der Waals surface area contributed by atoms with Gasteiger partial charge in [-0.05, 0) is 51.9 Å². The molecule has 1 aromatic carbocycles. The van der Waals surface area contributed by atoms with E-state index >= 15 is 0 Å². The van der Waals surface area contributed by atoms with Crippen molar-refractivity contribution in [1.82, 2.24) is 25.2 Å². The maximum Gasteiger partial charge on any atom is 0.276 e. The van der Waals surface area contributed by atoms with Crippen LogP contribution in [-0.4, -0.2) is 45.9 Å². The average Bonchev–Trinajstić information content (AvgIpc) is 3.30. The first-order valence-electron chi connectivity index (χ1n) is 9.44. The minimum absolute atomic E-state index is 0.138. The summed E-state index contributed by atoms with van der Waals surface area (Å²) in [7, 11) is 1.78. The molecule has 1 fully saturated rings. The van der Waals surface area contributed by atoms with Crippen LogP contribution in [0.1, 0.15) is 53.8 Å². The van der Waals surface area contributed by atoms with Crippen LogP contribution < -0.4 is 5.32 Å². The molecule has 1 saturated heterocycles. The number of hydrogen-bond donors (Lipinski definition) is 1. The zero-order chi connectivity index (χ0) is 19.0. The molecule has 0 spiro atoms. The van der Waals surface area contributed by atoms with E-state index < -0.39 is 0 Å². The van der Waals surface area contributed by atoms with Crippen LogP contribution in [0.15, 0.2) is 34.7 Å². The first kappa shape index (κ1) is 17.7. The summed E-state index contributed by atoms with van der Waals surface area (Å²) in [5.74, 6) is 0.621. The first-order chi connectivity index (χ1) is 13.1. The molecule has 0 saturated carbocycles. The van der Waals surface area contributed by atoms with E-state index in [4.69, 9.17) is 4.42 Å². The SMILES string of the molecule is Cc1c(C(=O)N(C)[C@@H](C)c2cc3ccccc3o2)nnn1C1CCNCC1. The van der Waals surface area contributed by atoms with Crippen molar-refractivity contribution in [2.45, 2.75) is 38.8 Å². The van der Waals surface area contributed by atoms with Crippen LogP contribution in [0.3, 0.4) is 0 Å². The van der Waals surface area contributed by atoms with Crippen molar-refractivity contribution in [2.24, 2.45) is 0 Å². The second-order valence-corrected chi connectivity index (χ2v) is 7.23. The zero-order valence-electron chi connectivity index (χ0n) is 16.0. The van der Waals surface area contributed by atoms with Crippen LogP contribution in [-0.2, 0) is 0 Å². The molecule has 1 atom stereocenters. The van der Waals surface area contributed by atoms with Crippen LogP contribution in [0.2, 0.25) is 0 Å². The van der Waals surface area contributed by atoms with Crippen molar-refractivity contribution in [3.8, 4) is 0 Å². The summed E-state index contributed by atoms with van der Waals surface area (Å²) in [6.07, 6.45) is 2.01. The van der Waals surface area contributed by atoms with E-state index in [1.54, 1.807) is 11.9 Å². The Morgan fingerprint density at radius 2 is 2.07 bits per heavy atom. The van der Waals surface area contributed by atoms with Crippen LogP contribution in [0.5, 0.6) is 0 Å². The first-order valence-corrected chi connectivity index (χ1v) is 9.44. The number of carbonyl (C=O) groups excluding carboxylic acids is 1. The fourth-order valence-electron chi connectivity index (χ4n) is 3.68. The Hall–Kier alpha value is -2.67. The minimum Gasteiger partial charge on any atom is -0.459 e. The van der Waals surface area contributed by atoms with E-state index in [9.17, 15) is 4.79 Å². The molecular weight excluding hydrogens is 342 g/mol. The number of piperidine rings is 1. The van der Waals surface area contributed by atoms with Crippen molar-refractivity contribution in [2.75, 3.05) is 20.1 Å². The van der Waals surface area contributed by atoms with Gasteiger partial charge in [-0.3, -0.25) is 4.79 Å². The molecule has 2 aromatic heterocycles. The number of amides is 1. The van der Waals surface area contributed by atoms with E-state index in [1.807, 2.05) is 48.9 Å². The van der Waals surface area contributed by atoms with Gasteiger partial charge in [0.05, 0.1) is 17.8 Å². The third-order valence-corrected chi connectivity index (χ3v) is 5.54. The summed E-state index contributed by atoms with van der Waals surface area (Å²) < 4.78 is 7.84. The minimum atomic E-state index is -0.201. The van der Waals surface area contributed by atoms with Crippen LogP contribution in [0, 0.1) is 6.92 Å². The lowest BCUT2D eigenvalue weighted by atomic mass is 10.1. The van der Waals surface area contributed by atoms with Gasteiger partial charge in [0.2, 0.25) is 0 Å². The summed E-state index contributed by atoms with van der Waals surface area (Å²) in [5.41, 5.74) is 2.07. The maximum atomic E-state index is 13.0. The molecule has 0 unspecified atom stereocenters.